The highest BCUT2D eigenvalue weighted by Gasteiger charge is 2.14. The fourth-order valence-electron chi connectivity index (χ4n) is 2.55. The molecule has 5 heteroatoms. The van der Waals surface area contributed by atoms with Crippen molar-refractivity contribution in [2.45, 2.75) is 25.7 Å². The number of nitrogens with one attached hydrogen (secondary N) is 2. The first-order chi connectivity index (χ1) is 10.3. The van der Waals surface area contributed by atoms with Gasteiger partial charge < -0.3 is 15.4 Å². The minimum atomic E-state index is 0. The lowest BCUT2D eigenvalue weighted by Gasteiger charge is -2.22. The molecule has 0 unspecified atom stereocenters. The maximum Gasteiger partial charge on any atom is 0.224 e. The van der Waals surface area contributed by atoms with Crippen molar-refractivity contribution in [1.29, 1.82) is 0 Å². The molecule has 2 N–H and O–H groups in total. The molecular formula is C17H25ClN2O2. The summed E-state index contributed by atoms with van der Waals surface area (Å²) >= 11 is 0. The van der Waals surface area contributed by atoms with Crippen LogP contribution in [0.3, 0.4) is 0 Å². The lowest BCUT2D eigenvalue weighted by Crippen LogP contribution is -2.28. The van der Waals surface area contributed by atoms with Crippen LogP contribution in [-0.4, -0.2) is 25.6 Å². The van der Waals surface area contributed by atoms with E-state index in [1.165, 1.54) is 12.8 Å². The van der Waals surface area contributed by atoms with E-state index < -0.39 is 0 Å². The highest BCUT2D eigenvalue weighted by atomic mass is 35.5. The molecule has 122 valence electrons. The molecule has 2 rings (SSSR count). The van der Waals surface area contributed by atoms with Gasteiger partial charge in [0.1, 0.15) is 12.4 Å². The number of rotatable bonds is 7. The fourth-order valence-corrected chi connectivity index (χ4v) is 2.55. The Bertz CT molecular complexity index is 473. The molecule has 0 bridgehead atoms. The van der Waals surface area contributed by atoms with Crippen molar-refractivity contribution in [2.24, 2.45) is 5.92 Å². The lowest BCUT2D eigenvalue weighted by atomic mass is 9.93. The number of piperidine rings is 1. The van der Waals surface area contributed by atoms with Gasteiger partial charge in [-0.3, -0.25) is 4.79 Å². The summed E-state index contributed by atoms with van der Waals surface area (Å²) in [4.78, 5) is 12.0. The molecule has 0 saturated carbocycles. The minimum absolute atomic E-state index is 0. The van der Waals surface area contributed by atoms with Gasteiger partial charge in [-0.25, -0.2) is 0 Å². The minimum Gasteiger partial charge on any atom is -0.489 e. The Morgan fingerprint density at radius 1 is 1.41 bits per heavy atom. The van der Waals surface area contributed by atoms with Gasteiger partial charge in [0.2, 0.25) is 5.91 Å². The Labute approximate surface area is 138 Å². The van der Waals surface area contributed by atoms with E-state index in [9.17, 15) is 4.79 Å². The standard InChI is InChI=1S/C17H24N2O2.ClH/c1-2-12-21-16-5-3-4-15(13-16)19-17(20)7-6-14-8-10-18-11-9-14;/h2-5,13-14,18H,1,6-12H2,(H,19,20);1H. The molecule has 1 aromatic carbocycles. The molecule has 0 spiro atoms. The molecule has 1 aromatic rings. The number of anilines is 1. The Morgan fingerprint density at radius 2 is 2.18 bits per heavy atom. The van der Waals surface area contributed by atoms with E-state index >= 15 is 0 Å². The number of hydrogen-bond acceptors (Lipinski definition) is 3. The molecule has 0 aliphatic carbocycles. The van der Waals surface area contributed by atoms with E-state index in [4.69, 9.17) is 4.74 Å². The summed E-state index contributed by atoms with van der Waals surface area (Å²) in [7, 11) is 0. The summed E-state index contributed by atoms with van der Waals surface area (Å²) in [6.07, 6.45) is 5.61. The third-order valence-corrected chi connectivity index (χ3v) is 3.72. The summed E-state index contributed by atoms with van der Waals surface area (Å²) in [6, 6.07) is 7.46. The first-order valence-electron chi connectivity index (χ1n) is 7.62. The van der Waals surface area contributed by atoms with Crippen molar-refractivity contribution in [3.8, 4) is 5.75 Å². The van der Waals surface area contributed by atoms with E-state index in [0.29, 0.717) is 18.9 Å². The topological polar surface area (TPSA) is 50.4 Å². The van der Waals surface area contributed by atoms with Crippen LogP contribution in [0.1, 0.15) is 25.7 Å². The number of benzene rings is 1. The van der Waals surface area contributed by atoms with Gasteiger partial charge >= 0.3 is 0 Å². The van der Waals surface area contributed by atoms with Crippen LogP contribution in [0.2, 0.25) is 0 Å². The van der Waals surface area contributed by atoms with E-state index in [1.807, 2.05) is 24.3 Å². The third-order valence-electron chi connectivity index (χ3n) is 3.72. The number of hydrogen-bond donors (Lipinski definition) is 2. The van der Waals surface area contributed by atoms with Gasteiger partial charge in [0, 0.05) is 18.2 Å². The van der Waals surface area contributed by atoms with Crippen LogP contribution in [0.5, 0.6) is 5.75 Å². The van der Waals surface area contributed by atoms with Crippen LogP contribution < -0.4 is 15.4 Å². The fraction of sp³-hybridized carbons (Fsp3) is 0.471. The first-order valence-corrected chi connectivity index (χ1v) is 7.62. The van der Waals surface area contributed by atoms with Crippen LogP contribution in [0.15, 0.2) is 36.9 Å². The van der Waals surface area contributed by atoms with E-state index in [2.05, 4.69) is 17.2 Å². The highest BCUT2D eigenvalue weighted by Crippen LogP contribution is 2.20. The first kappa shape index (κ1) is 18.5. The van der Waals surface area contributed by atoms with Gasteiger partial charge in [0.25, 0.3) is 0 Å². The maximum atomic E-state index is 12.0. The van der Waals surface area contributed by atoms with Gasteiger partial charge in [-0.1, -0.05) is 18.7 Å². The second-order valence-corrected chi connectivity index (χ2v) is 5.41. The van der Waals surface area contributed by atoms with Crippen molar-refractivity contribution < 1.29 is 9.53 Å². The molecule has 0 atom stereocenters. The van der Waals surface area contributed by atoms with E-state index in [0.717, 1.165) is 30.9 Å². The largest absolute Gasteiger partial charge is 0.489 e. The molecular weight excluding hydrogens is 300 g/mol. The molecule has 1 fully saturated rings. The number of ether oxygens (including phenoxy) is 1. The molecule has 22 heavy (non-hydrogen) atoms. The van der Waals surface area contributed by atoms with E-state index in [-0.39, 0.29) is 18.3 Å². The normalized spacial score (nSPS) is 14.7. The number of carbonyl (C=O) groups excluding carboxylic acids is 1. The zero-order valence-electron chi connectivity index (χ0n) is 12.8. The second kappa shape index (κ2) is 10.2. The summed E-state index contributed by atoms with van der Waals surface area (Å²) in [5.74, 6) is 1.50. The van der Waals surface area contributed by atoms with Crippen LogP contribution in [0, 0.1) is 5.92 Å². The zero-order chi connectivity index (χ0) is 14.9. The Balaban J connectivity index is 0.00000242. The summed E-state index contributed by atoms with van der Waals surface area (Å²) in [6.45, 7) is 6.24. The SMILES string of the molecule is C=CCOc1cccc(NC(=O)CCC2CCNCC2)c1.Cl. The summed E-state index contributed by atoms with van der Waals surface area (Å²) in [5.41, 5.74) is 0.784. The molecule has 1 aliphatic rings. The van der Waals surface area contributed by atoms with Crippen molar-refractivity contribution in [2.75, 3.05) is 25.0 Å². The van der Waals surface area contributed by atoms with Gasteiger partial charge in [-0.15, -0.1) is 12.4 Å². The van der Waals surface area contributed by atoms with Gasteiger partial charge in [0.05, 0.1) is 0 Å². The molecule has 1 aliphatic heterocycles. The Hall–Kier alpha value is -1.52. The third kappa shape index (κ3) is 6.50. The molecule has 1 saturated heterocycles. The molecule has 1 amide bonds. The predicted molar refractivity (Wildman–Crippen MR) is 92.8 cm³/mol. The summed E-state index contributed by atoms with van der Waals surface area (Å²) in [5, 5.41) is 6.28. The Kier molecular flexibility index (Phi) is 8.63. The van der Waals surface area contributed by atoms with Gasteiger partial charge in [0.15, 0.2) is 0 Å². The highest BCUT2D eigenvalue weighted by molar-refractivity contribution is 5.90. The number of halogens is 1. The van der Waals surface area contributed by atoms with Crippen molar-refractivity contribution in [1.82, 2.24) is 5.32 Å². The van der Waals surface area contributed by atoms with Crippen molar-refractivity contribution >= 4 is 24.0 Å². The molecule has 4 nitrogen and oxygen atoms in total. The number of carbonyl (C=O) groups is 1. The van der Waals surface area contributed by atoms with Crippen LogP contribution in [-0.2, 0) is 4.79 Å². The maximum absolute atomic E-state index is 12.0. The summed E-state index contributed by atoms with van der Waals surface area (Å²) < 4.78 is 5.46. The van der Waals surface area contributed by atoms with Gasteiger partial charge in [-0.2, -0.15) is 0 Å². The average Bonchev–Trinajstić information content (AvgIpc) is 2.52. The van der Waals surface area contributed by atoms with Crippen molar-refractivity contribution in [3.05, 3.63) is 36.9 Å². The second-order valence-electron chi connectivity index (χ2n) is 5.41. The van der Waals surface area contributed by atoms with Crippen LogP contribution in [0.25, 0.3) is 0 Å². The average molecular weight is 325 g/mol. The number of amides is 1. The molecule has 0 radical (unpaired) electrons. The Morgan fingerprint density at radius 3 is 2.91 bits per heavy atom. The molecule has 0 aromatic heterocycles. The van der Waals surface area contributed by atoms with Gasteiger partial charge in [-0.05, 0) is 50.4 Å². The predicted octanol–water partition coefficient (Wildman–Crippen LogP) is 3.39. The quantitative estimate of drug-likeness (QED) is 0.756. The van der Waals surface area contributed by atoms with Crippen LogP contribution >= 0.6 is 12.4 Å². The van der Waals surface area contributed by atoms with Crippen molar-refractivity contribution in [3.63, 3.8) is 0 Å². The lowest BCUT2D eigenvalue weighted by molar-refractivity contribution is -0.116. The monoisotopic (exact) mass is 324 g/mol. The van der Waals surface area contributed by atoms with E-state index in [1.54, 1.807) is 6.08 Å². The molecule has 1 heterocycles. The smallest absolute Gasteiger partial charge is 0.224 e. The zero-order valence-corrected chi connectivity index (χ0v) is 13.7. The van der Waals surface area contributed by atoms with Crippen LogP contribution in [0.4, 0.5) is 5.69 Å².